The van der Waals surface area contributed by atoms with Crippen LogP contribution in [0.4, 0.5) is 0 Å². The summed E-state index contributed by atoms with van der Waals surface area (Å²) in [5, 5.41) is 19.6. The molecule has 1 unspecified atom stereocenters. The highest BCUT2D eigenvalue weighted by molar-refractivity contribution is 5.96. The number of hydrogen-bond donors (Lipinski definition) is 2. The van der Waals surface area contributed by atoms with Gasteiger partial charge in [0.2, 0.25) is 5.43 Å². The van der Waals surface area contributed by atoms with Gasteiger partial charge in [-0.25, -0.2) is 4.79 Å². The van der Waals surface area contributed by atoms with E-state index in [4.69, 9.17) is 9.52 Å². The van der Waals surface area contributed by atoms with Crippen molar-refractivity contribution in [3.63, 3.8) is 0 Å². The van der Waals surface area contributed by atoms with Crippen LogP contribution >= 0.6 is 0 Å². The van der Waals surface area contributed by atoms with Crippen molar-refractivity contribution in [3.8, 4) is 0 Å². The molecule has 24 heavy (non-hydrogen) atoms. The Hall–Kier alpha value is -2.66. The van der Waals surface area contributed by atoms with E-state index in [1.54, 1.807) is 13.0 Å². The maximum atomic E-state index is 12.9. The maximum absolute atomic E-state index is 12.9. The Bertz CT molecular complexity index is 998. The average molecular weight is 326 g/mol. The van der Waals surface area contributed by atoms with Crippen molar-refractivity contribution in [1.82, 2.24) is 0 Å². The molecule has 124 valence electrons. The molecule has 1 aromatic heterocycles. The Morgan fingerprint density at radius 3 is 2.58 bits per heavy atom. The molecule has 1 heterocycles. The molecule has 2 aromatic carbocycles. The molecule has 2 N–H and O–H groups in total. The molecule has 0 aliphatic carbocycles. The highest BCUT2D eigenvalue weighted by Gasteiger charge is 2.15. The van der Waals surface area contributed by atoms with E-state index in [0.717, 1.165) is 18.4 Å². The number of benzene rings is 2. The second-order valence-corrected chi connectivity index (χ2v) is 5.93. The van der Waals surface area contributed by atoms with Gasteiger partial charge in [0.15, 0.2) is 0 Å². The first-order chi connectivity index (χ1) is 11.4. The zero-order chi connectivity index (χ0) is 17.4. The summed E-state index contributed by atoms with van der Waals surface area (Å²) < 4.78 is 5.91. The number of aliphatic hydroxyl groups is 1. The molecule has 1 atom stereocenters. The number of carboxylic acids is 1. The van der Waals surface area contributed by atoms with Gasteiger partial charge < -0.3 is 14.6 Å². The molecular weight excluding hydrogens is 308 g/mol. The maximum Gasteiger partial charge on any atom is 0.335 e. The molecule has 0 aliphatic heterocycles. The summed E-state index contributed by atoms with van der Waals surface area (Å²) in [6.07, 6.45) is 0.891. The summed E-state index contributed by atoms with van der Waals surface area (Å²) in [7, 11) is 0. The van der Waals surface area contributed by atoms with Crippen molar-refractivity contribution in [1.29, 1.82) is 0 Å². The van der Waals surface area contributed by atoms with E-state index in [-0.39, 0.29) is 16.4 Å². The van der Waals surface area contributed by atoms with Crippen LogP contribution in [0.25, 0.3) is 21.9 Å². The quantitative estimate of drug-likeness (QED) is 0.715. The molecule has 5 heteroatoms. The van der Waals surface area contributed by atoms with E-state index in [1.165, 1.54) is 18.2 Å². The van der Waals surface area contributed by atoms with Crippen LogP contribution in [0.2, 0.25) is 0 Å². The van der Waals surface area contributed by atoms with Crippen LogP contribution in [0.5, 0.6) is 0 Å². The van der Waals surface area contributed by atoms with Crippen molar-refractivity contribution in [3.05, 3.63) is 57.2 Å². The molecule has 0 saturated heterocycles. The molecule has 0 aliphatic rings. The zero-order valence-corrected chi connectivity index (χ0v) is 13.5. The summed E-state index contributed by atoms with van der Waals surface area (Å²) in [5.74, 6) is -1.10. The van der Waals surface area contributed by atoms with Gasteiger partial charge in [0.1, 0.15) is 11.2 Å². The molecule has 0 fully saturated rings. The summed E-state index contributed by atoms with van der Waals surface area (Å²) >= 11 is 0. The minimum absolute atomic E-state index is 0.0367. The van der Waals surface area contributed by atoms with Gasteiger partial charge in [-0.2, -0.15) is 0 Å². The number of fused-ring (bicyclic) bond motifs is 2. The number of aliphatic hydroxyl groups excluding tert-OH is 1. The predicted octanol–water partition coefficient (Wildman–Crippen LogP) is 3.65. The molecule has 0 saturated carbocycles. The van der Waals surface area contributed by atoms with Crippen molar-refractivity contribution in [2.24, 2.45) is 0 Å². The zero-order valence-electron chi connectivity index (χ0n) is 13.5. The Labute approximate surface area is 138 Å². The van der Waals surface area contributed by atoms with Gasteiger partial charge in [-0.3, -0.25) is 4.79 Å². The smallest absolute Gasteiger partial charge is 0.335 e. The van der Waals surface area contributed by atoms with Gasteiger partial charge in [-0.1, -0.05) is 13.3 Å². The van der Waals surface area contributed by atoms with Crippen LogP contribution in [-0.2, 0) is 6.42 Å². The first-order valence-corrected chi connectivity index (χ1v) is 7.87. The number of hydrogen-bond acceptors (Lipinski definition) is 4. The fraction of sp³-hybridized carbons (Fsp3) is 0.263. The number of carbonyl (C=O) groups is 1. The SMILES string of the molecule is CCCc1cc(C(C)O)cc2c(=O)c3cc(C(=O)O)ccc3oc12. The minimum atomic E-state index is -1.10. The Kier molecular flexibility index (Phi) is 4.11. The van der Waals surface area contributed by atoms with Gasteiger partial charge in [-0.05, 0) is 54.8 Å². The van der Waals surface area contributed by atoms with Crippen LogP contribution in [0.15, 0.2) is 39.5 Å². The second kappa shape index (κ2) is 6.09. The third-order valence-corrected chi connectivity index (χ3v) is 4.12. The monoisotopic (exact) mass is 326 g/mol. The fourth-order valence-corrected chi connectivity index (χ4v) is 2.88. The standard InChI is InChI=1S/C19H18O5/c1-3-4-11-7-13(10(2)20)9-15-17(21)14-8-12(19(22)23)5-6-16(14)24-18(11)15/h5-10,20H,3-4H2,1-2H3,(H,22,23). The lowest BCUT2D eigenvalue weighted by atomic mass is 9.99. The third kappa shape index (κ3) is 2.67. The number of rotatable bonds is 4. The summed E-state index contributed by atoms with van der Waals surface area (Å²) in [4.78, 5) is 24.0. The topological polar surface area (TPSA) is 87.7 Å². The Morgan fingerprint density at radius 2 is 1.96 bits per heavy atom. The molecule has 5 nitrogen and oxygen atoms in total. The van der Waals surface area contributed by atoms with Crippen LogP contribution in [0.1, 0.15) is 47.9 Å². The van der Waals surface area contributed by atoms with Gasteiger partial charge in [0.25, 0.3) is 0 Å². The van der Waals surface area contributed by atoms with Crippen LogP contribution in [-0.4, -0.2) is 16.2 Å². The van der Waals surface area contributed by atoms with Crippen LogP contribution in [0.3, 0.4) is 0 Å². The normalized spacial score (nSPS) is 12.6. The lowest BCUT2D eigenvalue weighted by Crippen LogP contribution is -2.07. The number of aryl methyl sites for hydroxylation is 1. The molecular formula is C19H18O5. The Morgan fingerprint density at radius 1 is 1.21 bits per heavy atom. The first kappa shape index (κ1) is 16.2. The van der Waals surface area contributed by atoms with Gasteiger partial charge in [0, 0.05) is 0 Å². The molecule has 0 amide bonds. The molecule has 3 rings (SSSR count). The van der Waals surface area contributed by atoms with E-state index in [9.17, 15) is 14.7 Å². The van der Waals surface area contributed by atoms with E-state index >= 15 is 0 Å². The highest BCUT2D eigenvalue weighted by atomic mass is 16.4. The first-order valence-electron chi connectivity index (χ1n) is 7.87. The van der Waals surface area contributed by atoms with E-state index < -0.39 is 12.1 Å². The lowest BCUT2D eigenvalue weighted by molar-refractivity contribution is 0.0697. The summed E-state index contributed by atoms with van der Waals surface area (Å²) in [5.41, 5.74) is 2.13. The van der Waals surface area contributed by atoms with Crippen molar-refractivity contribution >= 4 is 27.9 Å². The van der Waals surface area contributed by atoms with Gasteiger partial charge in [-0.15, -0.1) is 0 Å². The third-order valence-electron chi connectivity index (χ3n) is 4.12. The number of carboxylic acid groups (broad SMARTS) is 1. The predicted molar refractivity (Wildman–Crippen MR) is 91.6 cm³/mol. The molecule has 3 aromatic rings. The van der Waals surface area contributed by atoms with Crippen molar-refractivity contribution in [2.45, 2.75) is 32.8 Å². The second-order valence-electron chi connectivity index (χ2n) is 5.93. The van der Waals surface area contributed by atoms with E-state index in [1.807, 2.05) is 13.0 Å². The number of aromatic carboxylic acids is 1. The minimum Gasteiger partial charge on any atom is -0.478 e. The van der Waals surface area contributed by atoms with Crippen LogP contribution < -0.4 is 5.43 Å². The molecule has 0 radical (unpaired) electrons. The van der Waals surface area contributed by atoms with Crippen molar-refractivity contribution < 1.29 is 19.4 Å². The molecule has 0 bridgehead atoms. The Balaban J connectivity index is 2.42. The van der Waals surface area contributed by atoms with Crippen LogP contribution in [0, 0.1) is 0 Å². The summed E-state index contributed by atoms with van der Waals surface area (Å²) in [6, 6.07) is 7.74. The fourth-order valence-electron chi connectivity index (χ4n) is 2.88. The largest absolute Gasteiger partial charge is 0.478 e. The van der Waals surface area contributed by atoms with Gasteiger partial charge >= 0.3 is 5.97 Å². The van der Waals surface area contributed by atoms with E-state index in [0.29, 0.717) is 22.1 Å². The highest BCUT2D eigenvalue weighted by Crippen LogP contribution is 2.27. The summed E-state index contributed by atoms with van der Waals surface area (Å²) in [6.45, 7) is 3.67. The lowest BCUT2D eigenvalue weighted by Gasteiger charge is -2.11. The van der Waals surface area contributed by atoms with Crippen molar-refractivity contribution in [2.75, 3.05) is 0 Å². The average Bonchev–Trinajstić information content (AvgIpc) is 2.55. The molecule has 0 spiro atoms. The van der Waals surface area contributed by atoms with Gasteiger partial charge in [0.05, 0.1) is 22.4 Å². The van der Waals surface area contributed by atoms with E-state index in [2.05, 4.69) is 0 Å².